The van der Waals surface area contributed by atoms with Crippen LogP contribution in [0.1, 0.15) is 12.0 Å². The number of ether oxygens (including phenoxy) is 1. The van der Waals surface area contributed by atoms with E-state index in [0.717, 1.165) is 11.3 Å². The van der Waals surface area contributed by atoms with E-state index >= 15 is 0 Å². The van der Waals surface area contributed by atoms with Gasteiger partial charge in [-0.1, -0.05) is 46.9 Å². The van der Waals surface area contributed by atoms with Crippen LogP contribution in [-0.4, -0.2) is 18.4 Å². The average Bonchev–Trinajstić information content (AvgIpc) is 3.19. The van der Waals surface area contributed by atoms with Gasteiger partial charge in [-0.3, -0.25) is 20.4 Å². The molecule has 1 heterocycles. The van der Waals surface area contributed by atoms with Gasteiger partial charge >= 0.3 is 0 Å². The second kappa shape index (κ2) is 10.3. The Kier molecular flexibility index (Phi) is 7.28. The Morgan fingerprint density at radius 1 is 1.00 bits per heavy atom. The molecule has 3 aromatic carbocycles. The molecular weight excluding hydrogens is 485 g/mol. The summed E-state index contributed by atoms with van der Waals surface area (Å²) in [5.41, 5.74) is 7.73. The summed E-state index contributed by atoms with van der Waals surface area (Å²) in [4.78, 5) is 26.6. The van der Waals surface area contributed by atoms with Crippen LogP contribution in [0.2, 0.25) is 15.1 Å². The molecule has 33 heavy (non-hydrogen) atoms. The molecule has 9 heteroatoms. The van der Waals surface area contributed by atoms with E-state index in [0.29, 0.717) is 33.0 Å². The van der Waals surface area contributed by atoms with Gasteiger partial charge in [0.05, 0.1) is 11.6 Å². The smallest absolute Gasteiger partial charge is 0.243 e. The van der Waals surface area contributed by atoms with Gasteiger partial charge in [0.2, 0.25) is 11.8 Å². The third-order valence-electron chi connectivity index (χ3n) is 5.21. The lowest BCUT2D eigenvalue weighted by Gasteiger charge is -2.17. The van der Waals surface area contributed by atoms with Crippen molar-refractivity contribution in [2.45, 2.75) is 13.0 Å². The summed E-state index contributed by atoms with van der Waals surface area (Å²) in [5, 5.41) is 1.68. The normalized spacial score (nSPS) is 15.4. The van der Waals surface area contributed by atoms with E-state index in [1.807, 2.05) is 6.07 Å². The van der Waals surface area contributed by atoms with Crippen molar-refractivity contribution in [3.8, 4) is 5.75 Å². The molecule has 6 nitrogen and oxygen atoms in total. The molecule has 2 amide bonds. The number of amides is 2. The number of nitrogens with zero attached hydrogens (tertiary/aromatic N) is 1. The number of benzene rings is 3. The van der Waals surface area contributed by atoms with Crippen LogP contribution in [-0.2, 0) is 16.2 Å². The van der Waals surface area contributed by atoms with Gasteiger partial charge in [-0.05, 0) is 48.5 Å². The minimum absolute atomic E-state index is 0.103. The van der Waals surface area contributed by atoms with Crippen LogP contribution in [0.4, 0.5) is 11.4 Å². The van der Waals surface area contributed by atoms with Gasteiger partial charge in [-0.25, -0.2) is 0 Å². The third-order valence-corrected chi connectivity index (χ3v) is 6.05. The zero-order valence-corrected chi connectivity index (χ0v) is 19.6. The third kappa shape index (κ3) is 5.90. The lowest BCUT2D eigenvalue weighted by atomic mass is 10.1. The van der Waals surface area contributed by atoms with Gasteiger partial charge in [0.1, 0.15) is 12.4 Å². The van der Waals surface area contributed by atoms with E-state index in [4.69, 9.17) is 39.5 Å². The Labute approximate surface area is 206 Å². The number of halogens is 3. The van der Waals surface area contributed by atoms with E-state index in [1.165, 1.54) is 0 Å². The van der Waals surface area contributed by atoms with Crippen molar-refractivity contribution in [3.63, 3.8) is 0 Å². The lowest BCUT2D eigenvalue weighted by Crippen LogP contribution is -2.36. The standard InChI is InChI=1S/C24H20Cl3N3O3/c25-17-6-8-20(9-7-17)30-13-16(10-23(30)31)24(32)29-28-19-2-1-3-21(12-19)33-14-15-4-5-18(26)11-22(15)27/h1-9,11-12,16,28H,10,13-14H2,(H,29,32)/t16-/m1/s1. The molecular formula is C24H20Cl3N3O3. The fourth-order valence-corrected chi connectivity index (χ4v) is 4.04. The first kappa shape index (κ1) is 23.2. The summed E-state index contributed by atoms with van der Waals surface area (Å²) >= 11 is 18.0. The summed E-state index contributed by atoms with van der Waals surface area (Å²) in [6.45, 7) is 0.579. The van der Waals surface area contributed by atoms with Crippen molar-refractivity contribution in [1.82, 2.24) is 5.43 Å². The van der Waals surface area contributed by atoms with Gasteiger partial charge in [0.25, 0.3) is 0 Å². The number of nitrogens with one attached hydrogen (secondary N) is 2. The first-order valence-corrected chi connectivity index (χ1v) is 11.3. The Morgan fingerprint density at radius 3 is 2.52 bits per heavy atom. The van der Waals surface area contributed by atoms with Gasteiger partial charge in [0.15, 0.2) is 0 Å². The minimum atomic E-state index is -0.466. The molecule has 170 valence electrons. The molecule has 0 unspecified atom stereocenters. The second-order valence-electron chi connectivity index (χ2n) is 7.55. The molecule has 4 rings (SSSR count). The van der Waals surface area contributed by atoms with E-state index < -0.39 is 5.92 Å². The Bertz CT molecular complexity index is 1170. The van der Waals surface area contributed by atoms with Crippen molar-refractivity contribution in [2.24, 2.45) is 5.92 Å². The zero-order chi connectivity index (χ0) is 23.4. The quantitative estimate of drug-likeness (QED) is 0.404. The first-order chi connectivity index (χ1) is 15.9. The van der Waals surface area contributed by atoms with Crippen molar-refractivity contribution >= 4 is 58.0 Å². The summed E-state index contributed by atoms with van der Waals surface area (Å²) < 4.78 is 5.80. The van der Waals surface area contributed by atoms with Gasteiger partial charge in [-0.2, -0.15) is 0 Å². The van der Waals surface area contributed by atoms with E-state index in [9.17, 15) is 9.59 Å². The Morgan fingerprint density at radius 2 is 1.76 bits per heavy atom. The van der Waals surface area contributed by atoms with E-state index in [-0.39, 0.29) is 24.8 Å². The number of carbonyl (C=O) groups is 2. The van der Waals surface area contributed by atoms with Crippen LogP contribution in [0.25, 0.3) is 0 Å². The fraction of sp³-hybridized carbons (Fsp3) is 0.167. The highest BCUT2D eigenvalue weighted by molar-refractivity contribution is 6.35. The topological polar surface area (TPSA) is 70.7 Å². The van der Waals surface area contributed by atoms with Crippen LogP contribution in [0.15, 0.2) is 66.7 Å². The predicted octanol–water partition coefficient (Wildman–Crippen LogP) is 5.72. The minimum Gasteiger partial charge on any atom is -0.489 e. The molecule has 3 aromatic rings. The van der Waals surface area contributed by atoms with Crippen LogP contribution >= 0.6 is 34.8 Å². The molecule has 0 aliphatic carbocycles. The van der Waals surface area contributed by atoms with Crippen LogP contribution in [0.5, 0.6) is 5.75 Å². The molecule has 0 aromatic heterocycles. The van der Waals surface area contributed by atoms with Crippen LogP contribution in [0.3, 0.4) is 0 Å². The maximum Gasteiger partial charge on any atom is 0.243 e. The number of rotatable bonds is 7. The van der Waals surface area contributed by atoms with Crippen molar-refractivity contribution in [3.05, 3.63) is 87.4 Å². The predicted molar refractivity (Wildman–Crippen MR) is 131 cm³/mol. The number of hydrogen-bond acceptors (Lipinski definition) is 4. The van der Waals surface area contributed by atoms with Gasteiger partial charge in [0, 0.05) is 45.4 Å². The summed E-state index contributed by atoms with van der Waals surface area (Å²) in [7, 11) is 0. The van der Waals surface area contributed by atoms with Crippen molar-refractivity contribution in [2.75, 3.05) is 16.9 Å². The largest absolute Gasteiger partial charge is 0.489 e. The molecule has 1 aliphatic rings. The summed E-state index contributed by atoms with van der Waals surface area (Å²) in [6.07, 6.45) is 0.140. The van der Waals surface area contributed by atoms with E-state index in [2.05, 4.69) is 10.9 Å². The number of hydrogen-bond donors (Lipinski definition) is 2. The van der Waals surface area contributed by atoms with Gasteiger partial charge < -0.3 is 9.64 Å². The van der Waals surface area contributed by atoms with Crippen LogP contribution in [0, 0.1) is 5.92 Å². The molecule has 0 radical (unpaired) electrons. The lowest BCUT2D eigenvalue weighted by molar-refractivity contribution is -0.125. The SMILES string of the molecule is O=C(NNc1cccc(OCc2ccc(Cl)cc2Cl)c1)[C@@H]1CC(=O)N(c2ccc(Cl)cc2)C1. The number of anilines is 2. The molecule has 1 aliphatic heterocycles. The highest BCUT2D eigenvalue weighted by Gasteiger charge is 2.35. The fourth-order valence-electron chi connectivity index (χ4n) is 3.45. The zero-order valence-electron chi connectivity index (χ0n) is 17.4. The van der Waals surface area contributed by atoms with Crippen molar-refractivity contribution in [1.29, 1.82) is 0 Å². The molecule has 1 atom stereocenters. The maximum atomic E-state index is 12.6. The molecule has 2 N–H and O–H groups in total. The highest BCUT2D eigenvalue weighted by Crippen LogP contribution is 2.27. The summed E-state index contributed by atoms with van der Waals surface area (Å²) in [5.74, 6) is -0.231. The van der Waals surface area contributed by atoms with Gasteiger partial charge in [-0.15, -0.1) is 0 Å². The Balaban J connectivity index is 1.31. The molecule has 0 spiro atoms. The summed E-state index contributed by atoms with van der Waals surface area (Å²) in [6, 6.07) is 19.3. The molecule has 1 fully saturated rings. The Hall–Kier alpha value is -2.93. The number of carbonyl (C=O) groups excluding carboxylic acids is 2. The van der Waals surface area contributed by atoms with E-state index in [1.54, 1.807) is 65.6 Å². The monoisotopic (exact) mass is 503 g/mol. The van der Waals surface area contributed by atoms with Crippen molar-refractivity contribution < 1.29 is 14.3 Å². The highest BCUT2D eigenvalue weighted by atomic mass is 35.5. The molecule has 0 bridgehead atoms. The molecule has 0 saturated carbocycles. The average molecular weight is 505 g/mol. The number of hydrazine groups is 1. The second-order valence-corrected chi connectivity index (χ2v) is 8.83. The maximum absolute atomic E-state index is 12.6. The van der Waals surface area contributed by atoms with Crippen LogP contribution < -0.4 is 20.5 Å². The first-order valence-electron chi connectivity index (χ1n) is 10.2. The molecule has 1 saturated heterocycles.